The van der Waals surface area contributed by atoms with Crippen molar-refractivity contribution in [3.05, 3.63) is 18.2 Å². The molecule has 0 aromatic carbocycles. The number of nitrogens with one attached hydrogen (secondary N) is 1. The van der Waals surface area contributed by atoms with Crippen LogP contribution in [0, 0.1) is 5.92 Å². The maximum absolute atomic E-state index is 12.0. The number of nitrogens with zero attached hydrogens (tertiary/aromatic N) is 2. The average Bonchev–Trinajstić information content (AvgIpc) is 3.00. The number of aromatic nitrogens is 2. The quantitative estimate of drug-likeness (QED) is 0.862. The molecule has 2 rings (SSSR count). The monoisotopic (exact) mass is 257 g/mol. The number of rotatable bonds is 5. The highest BCUT2D eigenvalue weighted by Crippen LogP contribution is 2.30. The van der Waals surface area contributed by atoms with Gasteiger partial charge < -0.3 is 4.57 Å². The zero-order chi connectivity index (χ0) is 12.6. The van der Waals surface area contributed by atoms with Crippen LogP contribution in [0.25, 0.3) is 0 Å². The van der Waals surface area contributed by atoms with Crippen molar-refractivity contribution in [1.29, 1.82) is 0 Å². The lowest BCUT2D eigenvalue weighted by Gasteiger charge is -2.21. The summed E-state index contributed by atoms with van der Waals surface area (Å²) in [5.41, 5.74) is 0. The van der Waals surface area contributed by atoms with Crippen molar-refractivity contribution in [2.24, 2.45) is 13.0 Å². The van der Waals surface area contributed by atoms with Gasteiger partial charge in [0.25, 0.3) is 0 Å². The number of aryl methyl sites for hydroxylation is 1. The molecule has 0 bridgehead atoms. The van der Waals surface area contributed by atoms with Gasteiger partial charge in [0.1, 0.15) is 5.82 Å². The number of hydrogen-bond acceptors (Lipinski definition) is 3. The molecule has 1 heterocycles. The van der Waals surface area contributed by atoms with Gasteiger partial charge in [0.15, 0.2) is 0 Å². The molecule has 96 valence electrons. The van der Waals surface area contributed by atoms with E-state index in [0.717, 1.165) is 18.7 Å². The van der Waals surface area contributed by atoms with Gasteiger partial charge in [-0.25, -0.2) is 18.1 Å². The summed E-state index contributed by atoms with van der Waals surface area (Å²) in [6.45, 7) is 3.99. The van der Waals surface area contributed by atoms with Crippen LogP contribution in [0.1, 0.15) is 38.6 Å². The lowest BCUT2D eigenvalue weighted by molar-refractivity contribution is 0.434. The molecule has 0 unspecified atom stereocenters. The van der Waals surface area contributed by atoms with Gasteiger partial charge in [-0.3, -0.25) is 0 Å². The van der Waals surface area contributed by atoms with Crippen LogP contribution in [-0.4, -0.2) is 23.2 Å². The van der Waals surface area contributed by atoms with Gasteiger partial charge in [-0.2, -0.15) is 0 Å². The summed E-state index contributed by atoms with van der Waals surface area (Å²) in [5, 5.41) is -0.191. The summed E-state index contributed by atoms with van der Waals surface area (Å²) in [5.74, 6) is 0.939. The predicted octanol–water partition coefficient (Wildman–Crippen LogP) is 1.20. The van der Waals surface area contributed by atoms with Crippen LogP contribution >= 0.6 is 0 Å². The molecule has 17 heavy (non-hydrogen) atoms. The standard InChI is InChI=1S/C11H19N3O2S/c1-8(2)10(11-12-6-7-14(11)3)13-17(15,16)9-4-5-9/h6-10,13H,4-5H2,1-3H3/t10-/m0/s1. The minimum absolute atomic E-state index is 0.171. The lowest BCUT2D eigenvalue weighted by Crippen LogP contribution is -2.35. The van der Waals surface area contributed by atoms with Gasteiger partial charge in [-0.15, -0.1) is 0 Å². The highest BCUT2D eigenvalue weighted by Gasteiger charge is 2.38. The van der Waals surface area contributed by atoms with E-state index in [1.807, 2.05) is 31.7 Å². The largest absolute Gasteiger partial charge is 0.337 e. The van der Waals surface area contributed by atoms with Crippen molar-refractivity contribution in [2.75, 3.05) is 0 Å². The van der Waals surface area contributed by atoms with E-state index in [2.05, 4.69) is 9.71 Å². The van der Waals surface area contributed by atoms with Crippen molar-refractivity contribution in [3.8, 4) is 0 Å². The summed E-state index contributed by atoms with van der Waals surface area (Å²) in [4.78, 5) is 4.24. The van der Waals surface area contributed by atoms with Crippen LogP contribution in [-0.2, 0) is 17.1 Å². The SMILES string of the molecule is CC(C)[C@H](NS(=O)(=O)C1CC1)c1nccn1C. The van der Waals surface area contributed by atoms with Gasteiger partial charge in [0.05, 0.1) is 11.3 Å². The maximum atomic E-state index is 12.0. The third kappa shape index (κ3) is 2.69. The first-order valence-electron chi connectivity index (χ1n) is 5.90. The topological polar surface area (TPSA) is 64.0 Å². The second-order valence-electron chi connectivity index (χ2n) is 4.98. The summed E-state index contributed by atoms with van der Waals surface area (Å²) in [6, 6.07) is -0.249. The molecule has 0 amide bonds. The molecular formula is C11H19N3O2S. The maximum Gasteiger partial charge on any atom is 0.215 e. The van der Waals surface area contributed by atoms with E-state index in [-0.39, 0.29) is 17.2 Å². The predicted molar refractivity (Wildman–Crippen MR) is 65.9 cm³/mol. The first-order valence-corrected chi connectivity index (χ1v) is 7.45. The van der Waals surface area contributed by atoms with E-state index in [1.54, 1.807) is 6.20 Å². The summed E-state index contributed by atoms with van der Waals surface area (Å²) < 4.78 is 28.6. The Bertz CT molecular complexity index is 489. The molecule has 0 radical (unpaired) electrons. The first kappa shape index (κ1) is 12.6. The van der Waals surface area contributed by atoms with Crippen molar-refractivity contribution < 1.29 is 8.42 Å². The molecule has 0 spiro atoms. The number of sulfonamides is 1. The van der Waals surface area contributed by atoms with Crippen molar-refractivity contribution in [1.82, 2.24) is 14.3 Å². The molecule has 1 aromatic rings. The Morgan fingerprint density at radius 3 is 2.53 bits per heavy atom. The van der Waals surface area contributed by atoms with E-state index in [9.17, 15) is 8.42 Å². The van der Waals surface area contributed by atoms with E-state index in [0.29, 0.717) is 0 Å². The molecule has 1 aliphatic carbocycles. The smallest absolute Gasteiger partial charge is 0.215 e. The van der Waals surface area contributed by atoms with E-state index >= 15 is 0 Å². The third-order valence-corrected chi connectivity index (χ3v) is 4.99. The Morgan fingerprint density at radius 1 is 1.47 bits per heavy atom. The molecule has 1 aromatic heterocycles. The third-order valence-electron chi connectivity index (χ3n) is 3.06. The van der Waals surface area contributed by atoms with Gasteiger partial charge in [0.2, 0.25) is 10.0 Å². The molecule has 1 atom stereocenters. The van der Waals surface area contributed by atoms with Crippen LogP contribution in [0.2, 0.25) is 0 Å². The molecular weight excluding hydrogens is 238 g/mol. The van der Waals surface area contributed by atoms with Crippen molar-refractivity contribution >= 4 is 10.0 Å². The Balaban J connectivity index is 2.22. The zero-order valence-electron chi connectivity index (χ0n) is 10.4. The molecule has 1 N–H and O–H groups in total. The van der Waals surface area contributed by atoms with Crippen molar-refractivity contribution in [3.63, 3.8) is 0 Å². The Labute approximate surface area is 102 Å². The average molecular weight is 257 g/mol. The summed E-state index contributed by atoms with van der Waals surface area (Å²) >= 11 is 0. The minimum atomic E-state index is -3.18. The van der Waals surface area contributed by atoms with Gasteiger partial charge in [0, 0.05) is 19.4 Å². The zero-order valence-corrected chi connectivity index (χ0v) is 11.2. The van der Waals surface area contributed by atoms with Gasteiger partial charge in [-0.1, -0.05) is 13.8 Å². The summed E-state index contributed by atoms with van der Waals surface area (Å²) in [7, 11) is -1.30. The fourth-order valence-electron chi connectivity index (χ4n) is 1.82. The number of imidazole rings is 1. The molecule has 0 aliphatic heterocycles. The van der Waals surface area contributed by atoms with Crippen LogP contribution in [0.15, 0.2) is 12.4 Å². The molecule has 6 heteroatoms. The molecule has 5 nitrogen and oxygen atoms in total. The molecule has 0 saturated heterocycles. The second kappa shape index (κ2) is 4.42. The van der Waals surface area contributed by atoms with Crippen LogP contribution < -0.4 is 4.72 Å². The second-order valence-corrected chi connectivity index (χ2v) is 6.97. The molecule has 1 aliphatic rings. The van der Waals surface area contributed by atoms with Gasteiger partial charge >= 0.3 is 0 Å². The van der Waals surface area contributed by atoms with Gasteiger partial charge in [-0.05, 0) is 18.8 Å². The number of hydrogen-bond donors (Lipinski definition) is 1. The Kier molecular flexibility index (Phi) is 3.27. The van der Waals surface area contributed by atoms with E-state index in [4.69, 9.17) is 0 Å². The molecule has 1 saturated carbocycles. The van der Waals surface area contributed by atoms with Crippen molar-refractivity contribution in [2.45, 2.75) is 38.0 Å². The Morgan fingerprint density at radius 2 is 2.12 bits per heavy atom. The highest BCUT2D eigenvalue weighted by atomic mass is 32.2. The van der Waals surface area contributed by atoms with Crippen LogP contribution in [0.3, 0.4) is 0 Å². The van der Waals surface area contributed by atoms with Crippen LogP contribution in [0.4, 0.5) is 0 Å². The minimum Gasteiger partial charge on any atom is -0.337 e. The normalized spacial score (nSPS) is 18.6. The van der Waals surface area contributed by atoms with E-state index < -0.39 is 10.0 Å². The molecule has 1 fully saturated rings. The van der Waals surface area contributed by atoms with Crippen LogP contribution in [0.5, 0.6) is 0 Å². The summed E-state index contributed by atoms with van der Waals surface area (Å²) in [6.07, 6.45) is 5.08. The highest BCUT2D eigenvalue weighted by molar-refractivity contribution is 7.90. The lowest BCUT2D eigenvalue weighted by atomic mass is 10.1. The fraction of sp³-hybridized carbons (Fsp3) is 0.727. The Hall–Kier alpha value is -0.880. The fourth-order valence-corrected chi connectivity index (χ4v) is 3.50. The van der Waals surface area contributed by atoms with E-state index in [1.165, 1.54) is 0 Å². The first-order chi connectivity index (χ1) is 7.92.